The van der Waals surface area contributed by atoms with Gasteiger partial charge in [-0.25, -0.2) is 0 Å². The SMILES string of the molecule is CCCCC1CC(c2ccccc2)=NO1. The first-order valence-corrected chi connectivity index (χ1v) is 5.68. The Balaban J connectivity index is 1.92. The molecule has 1 atom stereocenters. The van der Waals surface area contributed by atoms with Gasteiger partial charge < -0.3 is 4.84 Å². The zero-order valence-corrected chi connectivity index (χ0v) is 9.15. The molecule has 2 nitrogen and oxygen atoms in total. The van der Waals surface area contributed by atoms with Gasteiger partial charge in [0.2, 0.25) is 0 Å². The zero-order valence-electron chi connectivity index (χ0n) is 9.15. The topological polar surface area (TPSA) is 21.6 Å². The molecule has 0 radical (unpaired) electrons. The maximum Gasteiger partial charge on any atom is 0.133 e. The zero-order chi connectivity index (χ0) is 10.5. The Hall–Kier alpha value is -1.31. The van der Waals surface area contributed by atoms with Crippen molar-refractivity contribution < 1.29 is 4.84 Å². The van der Waals surface area contributed by atoms with Crippen molar-refractivity contribution in [3.63, 3.8) is 0 Å². The van der Waals surface area contributed by atoms with Crippen molar-refractivity contribution in [1.29, 1.82) is 0 Å². The van der Waals surface area contributed by atoms with Crippen molar-refractivity contribution in [2.75, 3.05) is 0 Å². The molecule has 0 spiro atoms. The van der Waals surface area contributed by atoms with E-state index in [-0.39, 0.29) is 0 Å². The minimum absolute atomic E-state index is 0.306. The fourth-order valence-corrected chi connectivity index (χ4v) is 1.82. The second-order valence-electron chi connectivity index (χ2n) is 3.98. The van der Waals surface area contributed by atoms with E-state index in [9.17, 15) is 0 Å². The summed E-state index contributed by atoms with van der Waals surface area (Å²) in [7, 11) is 0. The Morgan fingerprint density at radius 3 is 2.87 bits per heavy atom. The summed E-state index contributed by atoms with van der Waals surface area (Å²) in [5.74, 6) is 0. The van der Waals surface area contributed by atoms with Crippen molar-refractivity contribution >= 4 is 5.71 Å². The summed E-state index contributed by atoms with van der Waals surface area (Å²) < 4.78 is 0. The smallest absolute Gasteiger partial charge is 0.133 e. The number of nitrogens with zero attached hydrogens (tertiary/aromatic N) is 1. The van der Waals surface area contributed by atoms with Crippen LogP contribution in [-0.4, -0.2) is 11.8 Å². The summed E-state index contributed by atoms with van der Waals surface area (Å²) >= 11 is 0. The standard InChI is InChI=1S/C13H17NO/c1-2-3-9-12-10-13(14-15-12)11-7-5-4-6-8-11/h4-8,12H,2-3,9-10H2,1H3. The van der Waals surface area contributed by atoms with Crippen LogP contribution in [0.2, 0.25) is 0 Å². The van der Waals surface area contributed by atoms with E-state index >= 15 is 0 Å². The predicted molar refractivity (Wildman–Crippen MR) is 62.0 cm³/mol. The van der Waals surface area contributed by atoms with Crippen LogP contribution in [0.3, 0.4) is 0 Å². The van der Waals surface area contributed by atoms with Gasteiger partial charge in [0.05, 0.1) is 5.71 Å². The molecule has 1 unspecified atom stereocenters. The van der Waals surface area contributed by atoms with E-state index in [1.54, 1.807) is 0 Å². The van der Waals surface area contributed by atoms with Crippen molar-refractivity contribution in [1.82, 2.24) is 0 Å². The van der Waals surface area contributed by atoms with E-state index < -0.39 is 0 Å². The summed E-state index contributed by atoms with van der Waals surface area (Å²) in [5, 5.41) is 4.16. The first-order valence-electron chi connectivity index (χ1n) is 5.68. The first kappa shape index (κ1) is 10.2. The van der Waals surface area contributed by atoms with Crippen LogP contribution in [-0.2, 0) is 4.84 Å². The van der Waals surface area contributed by atoms with E-state index in [0.29, 0.717) is 6.10 Å². The molecule has 1 aromatic carbocycles. The van der Waals surface area contributed by atoms with Crippen molar-refractivity contribution in [2.24, 2.45) is 5.16 Å². The monoisotopic (exact) mass is 203 g/mol. The molecular formula is C13H17NO. The van der Waals surface area contributed by atoms with Gasteiger partial charge in [-0.15, -0.1) is 0 Å². The highest BCUT2D eigenvalue weighted by atomic mass is 16.6. The Morgan fingerprint density at radius 1 is 1.33 bits per heavy atom. The molecule has 2 heteroatoms. The minimum Gasteiger partial charge on any atom is -0.392 e. The average Bonchev–Trinajstić information content (AvgIpc) is 2.76. The van der Waals surface area contributed by atoms with Gasteiger partial charge in [-0.3, -0.25) is 0 Å². The Labute approximate surface area is 90.9 Å². The highest BCUT2D eigenvalue weighted by Gasteiger charge is 2.20. The molecule has 0 saturated carbocycles. The quantitative estimate of drug-likeness (QED) is 0.735. The number of benzene rings is 1. The molecule has 0 N–H and O–H groups in total. The van der Waals surface area contributed by atoms with Crippen LogP contribution in [0.25, 0.3) is 0 Å². The summed E-state index contributed by atoms with van der Waals surface area (Å²) in [4.78, 5) is 5.41. The van der Waals surface area contributed by atoms with Crippen LogP contribution >= 0.6 is 0 Å². The lowest BCUT2D eigenvalue weighted by atomic mass is 10.0. The summed E-state index contributed by atoms with van der Waals surface area (Å²) in [6, 6.07) is 10.3. The van der Waals surface area contributed by atoms with E-state index in [1.165, 1.54) is 18.4 Å². The second-order valence-corrected chi connectivity index (χ2v) is 3.98. The third-order valence-electron chi connectivity index (χ3n) is 2.72. The van der Waals surface area contributed by atoms with Crippen molar-refractivity contribution in [3.05, 3.63) is 35.9 Å². The predicted octanol–water partition coefficient (Wildman–Crippen LogP) is 3.37. The van der Waals surface area contributed by atoms with Gasteiger partial charge in [0.1, 0.15) is 6.10 Å². The van der Waals surface area contributed by atoms with E-state index in [1.807, 2.05) is 18.2 Å². The van der Waals surface area contributed by atoms with Gasteiger partial charge in [0.25, 0.3) is 0 Å². The van der Waals surface area contributed by atoms with Crippen LogP contribution < -0.4 is 0 Å². The molecule has 1 aliphatic heterocycles. The maximum absolute atomic E-state index is 5.41. The van der Waals surface area contributed by atoms with E-state index in [2.05, 4.69) is 24.2 Å². The van der Waals surface area contributed by atoms with Crippen LogP contribution in [0.4, 0.5) is 0 Å². The van der Waals surface area contributed by atoms with Gasteiger partial charge in [0, 0.05) is 6.42 Å². The van der Waals surface area contributed by atoms with E-state index in [4.69, 9.17) is 4.84 Å². The number of rotatable bonds is 4. The molecule has 0 bridgehead atoms. The molecule has 0 aliphatic carbocycles. The van der Waals surface area contributed by atoms with Crippen molar-refractivity contribution in [3.8, 4) is 0 Å². The van der Waals surface area contributed by atoms with Crippen LogP contribution in [0, 0.1) is 0 Å². The van der Waals surface area contributed by atoms with Crippen LogP contribution in [0.5, 0.6) is 0 Å². The number of hydrogen-bond donors (Lipinski definition) is 0. The molecule has 0 saturated heterocycles. The molecule has 15 heavy (non-hydrogen) atoms. The average molecular weight is 203 g/mol. The Bertz CT molecular complexity index is 332. The van der Waals surface area contributed by atoms with Gasteiger partial charge in [-0.2, -0.15) is 0 Å². The summed E-state index contributed by atoms with van der Waals surface area (Å²) in [6.45, 7) is 2.20. The lowest BCUT2D eigenvalue weighted by Crippen LogP contribution is -2.07. The first-order chi connectivity index (χ1) is 7.40. The number of hydrogen-bond acceptors (Lipinski definition) is 2. The lowest BCUT2D eigenvalue weighted by molar-refractivity contribution is 0.0774. The van der Waals surface area contributed by atoms with Gasteiger partial charge >= 0.3 is 0 Å². The Kier molecular flexibility index (Phi) is 3.38. The normalized spacial score (nSPS) is 19.8. The maximum atomic E-state index is 5.41. The molecule has 2 rings (SSSR count). The van der Waals surface area contributed by atoms with Crippen molar-refractivity contribution in [2.45, 2.75) is 38.7 Å². The molecule has 1 aliphatic rings. The van der Waals surface area contributed by atoms with Gasteiger partial charge in [-0.1, -0.05) is 48.8 Å². The molecule has 0 aromatic heterocycles. The molecule has 80 valence electrons. The second kappa shape index (κ2) is 4.96. The molecular weight excluding hydrogens is 186 g/mol. The lowest BCUT2D eigenvalue weighted by Gasteiger charge is -2.05. The fraction of sp³-hybridized carbons (Fsp3) is 0.462. The van der Waals surface area contributed by atoms with E-state index in [0.717, 1.165) is 18.6 Å². The molecule has 1 aromatic rings. The minimum atomic E-state index is 0.306. The highest BCUT2D eigenvalue weighted by molar-refractivity contribution is 6.01. The molecule has 1 heterocycles. The third-order valence-corrected chi connectivity index (χ3v) is 2.72. The molecule has 0 amide bonds. The summed E-state index contributed by atoms with van der Waals surface area (Å²) in [5.41, 5.74) is 2.29. The Morgan fingerprint density at radius 2 is 2.13 bits per heavy atom. The van der Waals surface area contributed by atoms with Crippen LogP contribution in [0.15, 0.2) is 35.5 Å². The summed E-state index contributed by atoms with van der Waals surface area (Å²) in [6.07, 6.45) is 4.84. The van der Waals surface area contributed by atoms with Gasteiger partial charge in [0.15, 0.2) is 0 Å². The highest BCUT2D eigenvalue weighted by Crippen LogP contribution is 2.20. The van der Waals surface area contributed by atoms with Crippen LogP contribution in [0.1, 0.15) is 38.2 Å². The number of oxime groups is 1. The fourth-order valence-electron chi connectivity index (χ4n) is 1.82. The largest absolute Gasteiger partial charge is 0.392 e. The number of unbranched alkanes of at least 4 members (excludes halogenated alkanes) is 1. The molecule has 0 fully saturated rings. The van der Waals surface area contributed by atoms with Gasteiger partial charge in [-0.05, 0) is 18.4 Å². The third kappa shape index (κ3) is 2.58.